The molecule has 5 nitrogen and oxygen atoms in total. The highest BCUT2D eigenvalue weighted by Crippen LogP contribution is 2.35. The Hall–Kier alpha value is -2.60. The molecule has 0 bridgehead atoms. The first-order valence-electron chi connectivity index (χ1n) is 11.0. The molecule has 1 aliphatic carbocycles. The van der Waals surface area contributed by atoms with E-state index in [4.69, 9.17) is 9.97 Å². The zero-order chi connectivity index (χ0) is 21.8. The Morgan fingerprint density at radius 1 is 1.00 bits per heavy atom. The summed E-state index contributed by atoms with van der Waals surface area (Å²) >= 11 is 0. The lowest BCUT2D eigenvalue weighted by Gasteiger charge is -2.35. The van der Waals surface area contributed by atoms with Gasteiger partial charge in [-0.3, -0.25) is 14.9 Å². The van der Waals surface area contributed by atoms with Crippen LogP contribution in [0.5, 0.6) is 0 Å². The van der Waals surface area contributed by atoms with E-state index in [1.54, 1.807) is 0 Å². The van der Waals surface area contributed by atoms with Crippen molar-refractivity contribution in [2.45, 2.75) is 65.5 Å². The monoisotopic (exact) mass is 417 g/mol. The maximum Gasteiger partial charge on any atom is 0.0685 e. The predicted octanol–water partition coefficient (Wildman–Crippen LogP) is 4.16. The average Bonchev–Trinajstić information content (AvgIpc) is 2.80. The lowest BCUT2D eigenvalue weighted by molar-refractivity contribution is 0.153. The maximum atomic E-state index is 9.96. The Kier molecular flexibility index (Phi) is 6.76. The van der Waals surface area contributed by atoms with Crippen molar-refractivity contribution in [3.63, 3.8) is 0 Å². The minimum atomic E-state index is -0.0433. The summed E-state index contributed by atoms with van der Waals surface area (Å²) in [5, 5.41) is 19.4. The molecule has 0 spiro atoms. The summed E-state index contributed by atoms with van der Waals surface area (Å²) in [5.41, 5.74) is 8.69. The van der Waals surface area contributed by atoms with Crippen molar-refractivity contribution in [3.8, 4) is 0 Å². The zero-order valence-electron chi connectivity index (χ0n) is 18.4. The first-order chi connectivity index (χ1) is 15.1. The SMILES string of the molecule is Cc1cnc(CN(Cc2ccc(CO)cc2CO)C2CCCc3cccnc32)c(C)c1. The molecule has 0 aliphatic heterocycles. The quantitative estimate of drug-likeness (QED) is 0.604. The van der Waals surface area contributed by atoms with E-state index in [1.807, 2.05) is 36.7 Å². The van der Waals surface area contributed by atoms with Gasteiger partial charge in [-0.05, 0) is 72.6 Å². The first kappa shape index (κ1) is 21.6. The highest BCUT2D eigenvalue weighted by Gasteiger charge is 2.28. The smallest absolute Gasteiger partial charge is 0.0685 e. The number of aryl methyl sites for hydroxylation is 3. The third-order valence-corrected chi connectivity index (χ3v) is 6.28. The molecule has 2 heterocycles. The van der Waals surface area contributed by atoms with Crippen LogP contribution in [-0.4, -0.2) is 25.1 Å². The molecule has 1 aliphatic rings. The van der Waals surface area contributed by atoms with Crippen LogP contribution >= 0.6 is 0 Å². The fraction of sp³-hybridized carbons (Fsp3) is 0.385. The van der Waals surface area contributed by atoms with Crippen molar-refractivity contribution >= 4 is 0 Å². The molecule has 162 valence electrons. The molecule has 0 saturated heterocycles. The van der Waals surface area contributed by atoms with Crippen LogP contribution in [0.25, 0.3) is 0 Å². The highest BCUT2D eigenvalue weighted by atomic mass is 16.3. The van der Waals surface area contributed by atoms with E-state index in [0.29, 0.717) is 6.54 Å². The number of pyridine rings is 2. The molecule has 0 saturated carbocycles. The van der Waals surface area contributed by atoms with Crippen LogP contribution in [0.1, 0.15) is 63.7 Å². The van der Waals surface area contributed by atoms with E-state index >= 15 is 0 Å². The molecular weight excluding hydrogens is 386 g/mol. The number of hydrogen-bond acceptors (Lipinski definition) is 5. The zero-order valence-corrected chi connectivity index (χ0v) is 18.4. The van der Waals surface area contributed by atoms with Crippen molar-refractivity contribution in [2.75, 3.05) is 0 Å². The summed E-state index contributed by atoms with van der Waals surface area (Å²) in [5.74, 6) is 0. The van der Waals surface area contributed by atoms with Gasteiger partial charge in [0.2, 0.25) is 0 Å². The molecule has 31 heavy (non-hydrogen) atoms. The van der Waals surface area contributed by atoms with Gasteiger partial charge < -0.3 is 10.2 Å². The molecule has 0 fully saturated rings. The fourth-order valence-electron chi connectivity index (χ4n) is 4.62. The normalized spacial score (nSPS) is 15.8. The minimum Gasteiger partial charge on any atom is -0.392 e. The van der Waals surface area contributed by atoms with Crippen LogP contribution in [0, 0.1) is 13.8 Å². The summed E-state index contributed by atoms with van der Waals surface area (Å²) in [4.78, 5) is 11.9. The number of benzene rings is 1. The lowest BCUT2D eigenvalue weighted by atomic mass is 9.90. The van der Waals surface area contributed by atoms with E-state index in [0.717, 1.165) is 53.9 Å². The number of aliphatic hydroxyl groups excluding tert-OH is 2. The van der Waals surface area contributed by atoms with Gasteiger partial charge in [0.05, 0.1) is 30.6 Å². The van der Waals surface area contributed by atoms with E-state index in [2.05, 4.69) is 30.9 Å². The Balaban J connectivity index is 1.71. The van der Waals surface area contributed by atoms with Gasteiger partial charge in [0, 0.05) is 25.5 Å². The minimum absolute atomic E-state index is 0.0244. The van der Waals surface area contributed by atoms with Gasteiger partial charge >= 0.3 is 0 Å². The Labute approximate surface area is 184 Å². The second kappa shape index (κ2) is 9.69. The number of aromatic nitrogens is 2. The van der Waals surface area contributed by atoms with Gasteiger partial charge in [-0.1, -0.05) is 30.3 Å². The number of fused-ring (bicyclic) bond motifs is 1. The number of nitrogens with zero attached hydrogens (tertiary/aromatic N) is 3. The third kappa shape index (κ3) is 4.85. The molecule has 4 rings (SSSR count). The van der Waals surface area contributed by atoms with E-state index in [-0.39, 0.29) is 19.3 Å². The molecule has 2 aromatic heterocycles. The Morgan fingerprint density at radius 3 is 2.65 bits per heavy atom. The van der Waals surface area contributed by atoms with Crippen molar-refractivity contribution in [3.05, 3.63) is 93.6 Å². The van der Waals surface area contributed by atoms with Crippen molar-refractivity contribution < 1.29 is 10.2 Å². The van der Waals surface area contributed by atoms with Gasteiger partial charge in [0.1, 0.15) is 0 Å². The molecular formula is C26H31N3O2. The van der Waals surface area contributed by atoms with Gasteiger partial charge in [-0.2, -0.15) is 0 Å². The van der Waals surface area contributed by atoms with Crippen LogP contribution in [0.3, 0.4) is 0 Å². The van der Waals surface area contributed by atoms with Gasteiger partial charge in [-0.25, -0.2) is 0 Å². The van der Waals surface area contributed by atoms with E-state index in [9.17, 15) is 10.2 Å². The molecule has 1 unspecified atom stereocenters. The highest BCUT2D eigenvalue weighted by molar-refractivity contribution is 5.33. The van der Waals surface area contributed by atoms with Crippen LogP contribution in [0.2, 0.25) is 0 Å². The van der Waals surface area contributed by atoms with Crippen LogP contribution in [-0.2, 0) is 32.7 Å². The Bertz CT molecular complexity index is 1050. The second-order valence-corrected chi connectivity index (χ2v) is 8.56. The van der Waals surface area contributed by atoms with Crippen molar-refractivity contribution in [1.82, 2.24) is 14.9 Å². The summed E-state index contributed by atoms with van der Waals surface area (Å²) < 4.78 is 0. The summed E-state index contributed by atoms with van der Waals surface area (Å²) in [6.45, 7) is 5.53. The third-order valence-electron chi connectivity index (χ3n) is 6.28. The van der Waals surface area contributed by atoms with E-state index in [1.165, 1.54) is 16.7 Å². The maximum absolute atomic E-state index is 9.96. The molecule has 1 aromatic carbocycles. The largest absolute Gasteiger partial charge is 0.392 e. The van der Waals surface area contributed by atoms with Gasteiger partial charge in [0.25, 0.3) is 0 Å². The van der Waals surface area contributed by atoms with Crippen molar-refractivity contribution in [1.29, 1.82) is 0 Å². The standard InChI is InChI=1S/C26H31N3O2/c1-18-11-19(2)24(28-13-18)15-29(14-22-9-8-20(16-30)12-23(22)17-31)25-7-3-5-21-6-4-10-27-26(21)25/h4,6,8-13,25,30-31H,3,5,7,14-17H2,1-2H3. The lowest BCUT2D eigenvalue weighted by Crippen LogP contribution is -2.32. The van der Waals surface area contributed by atoms with Gasteiger partial charge in [0.15, 0.2) is 0 Å². The molecule has 0 amide bonds. The van der Waals surface area contributed by atoms with Gasteiger partial charge in [-0.15, -0.1) is 0 Å². The molecule has 0 radical (unpaired) electrons. The molecule has 3 aromatic rings. The summed E-state index contributed by atoms with van der Waals surface area (Å²) in [6.07, 6.45) is 7.08. The van der Waals surface area contributed by atoms with Crippen molar-refractivity contribution in [2.24, 2.45) is 0 Å². The van der Waals surface area contributed by atoms with Crippen LogP contribution < -0.4 is 0 Å². The number of hydrogen-bond donors (Lipinski definition) is 2. The predicted molar refractivity (Wildman–Crippen MR) is 121 cm³/mol. The summed E-state index contributed by atoms with van der Waals surface area (Å²) in [6, 6.07) is 12.5. The second-order valence-electron chi connectivity index (χ2n) is 8.56. The van der Waals surface area contributed by atoms with Crippen LogP contribution in [0.4, 0.5) is 0 Å². The number of aliphatic hydroxyl groups is 2. The average molecular weight is 418 g/mol. The Morgan fingerprint density at radius 2 is 1.87 bits per heavy atom. The molecule has 5 heteroatoms. The number of rotatable bonds is 7. The summed E-state index contributed by atoms with van der Waals surface area (Å²) in [7, 11) is 0. The fourth-order valence-corrected chi connectivity index (χ4v) is 4.62. The van der Waals surface area contributed by atoms with E-state index < -0.39 is 0 Å². The molecule has 2 N–H and O–H groups in total. The van der Waals surface area contributed by atoms with Crippen LogP contribution in [0.15, 0.2) is 48.8 Å². The first-order valence-corrected chi connectivity index (χ1v) is 11.0. The molecule has 1 atom stereocenters. The topological polar surface area (TPSA) is 69.5 Å².